The first-order chi connectivity index (χ1) is 44.7. The Morgan fingerprint density at radius 3 is 0.763 bits per heavy atom. The number of phosphoric acid groups is 2. The fraction of sp³-hybridized carbons (Fsp3) is 0.946. The number of hydrogen-bond acceptors (Lipinski definition) is 15. The summed E-state index contributed by atoms with van der Waals surface area (Å²) < 4.78 is 68.3. The van der Waals surface area contributed by atoms with Crippen LogP contribution in [0.25, 0.3) is 0 Å². The van der Waals surface area contributed by atoms with E-state index in [0.29, 0.717) is 31.6 Å². The van der Waals surface area contributed by atoms with Gasteiger partial charge in [-0.25, -0.2) is 9.13 Å². The molecular formula is C74H144O17P2. The van der Waals surface area contributed by atoms with Crippen molar-refractivity contribution in [2.75, 3.05) is 39.6 Å². The zero-order valence-electron chi connectivity index (χ0n) is 60.9. The summed E-state index contributed by atoms with van der Waals surface area (Å²) in [6, 6.07) is 0. The molecule has 0 rings (SSSR count). The highest BCUT2D eigenvalue weighted by atomic mass is 31.2. The lowest BCUT2D eigenvalue weighted by molar-refractivity contribution is -0.161. The van der Waals surface area contributed by atoms with Gasteiger partial charge in [-0.05, 0) is 49.4 Å². The van der Waals surface area contributed by atoms with E-state index in [-0.39, 0.29) is 25.7 Å². The minimum Gasteiger partial charge on any atom is -0.462 e. The zero-order valence-corrected chi connectivity index (χ0v) is 62.7. The van der Waals surface area contributed by atoms with Crippen LogP contribution >= 0.6 is 15.6 Å². The molecule has 552 valence electrons. The molecule has 7 atom stereocenters. The molecule has 93 heavy (non-hydrogen) atoms. The Bertz CT molecular complexity index is 1840. The highest BCUT2D eigenvalue weighted by Gasteiger charge is 2.30. The molecule has 0 amide bonds. The second-order valence-corrected chi connectivity index (χ2v) is 31.0. The molecule has 0 aliphatic rings. The van der Waals surface area contributed by atoms with Gasteiger partial charge in [-0.15, -0.1) is 0 Å². The van der Waals surface area contributed by atoms with Crippen molar-refractivity contribution in [2.45, 2.75) is 388 Å². The van der Waals surface area contributed by atoms with Gasteiger partial charge in [0.05, 0.1) is 26.4 Å². The van der Waals surface area contributed by atoms with Gasteiger partial charge in [0.2, 0.25) is 0 Å². The number of aliphatic hydroxyl groups excluding tert-OH is 1. The van der Waals surface area contributed by atoms with Crippen LogP contribution in [0.4, 0.5) is 0 Å². The first-order valence-electron chi connectivity index (χ1n) is 38.3. The molecule has 0 heterocycles. The van der Waals surface area contributed by atoms with Crippen molar-refractivity contribution in [1.29, 1.82) is 0 Å². The molecule has 19 heteroatoms. The van der Waals surface area contributed by atoms with Crippen LogP contribution in [-0.2, 0) is 65.4 Å². The molecule has 0 spiro atoms. The van der Waals surface area contributed by atoms with Gasteiger partial charge in [0.1, 0.15) is 19.3 Å². The third-order valence-electron chi connectivity index (χ3n) is 17.8. The van der Waals surface area contributed by atoms with Crippen LogP contribution in [0.1, 0.15) is 370 Å². The fourth-order valence-corrected chi connectivity index (χ4v) is 12.7. The van der Waals surface area contributed by atoms with Crippen molar-refractivity contribution in [1.82, 2.24) is 0 Å². The minimum atomic E-state index is -4.95. The maximum Gasteiger partial charge on any atom is 0.472 e. The Hall–Kier alpha value is -1.94. The Labute approximate surface area is 568 Å². The Morgan fingerprint density at radius 2 is 0.516 bits per heavy atom. The molecule has 0 saturated heterocycles. The number of hydrogen-bond donors (Lipinski definition) is 3. The van der Waals surface area contributed by atoms with Gasteiger partial charge in [-0.1, -0.05) is 319 Å². The molecule has 0 aliphatic heterocycles. The smallest absolute Gasteiger partial charge is 0.462 e. The highest BCUT2D eigenvalue weighted by molar-refractivity contribution is 7.47. The zero-order chi connectivity index (χ0) is 68.9. The molecular weight excluding hydrogens is 1220 g/mol. The van der Waals surface area contributed by atoms with Gasteiger partial charge in [0, 0.05) is 25.7 Å². The normalized spacial score (nSPS) is 14.8. The van der Waals surface area contributed by atoms with Crippen molar-refractivity contribution in [3.8, 4) is 0 Å². The van der Waals surface area contributed by atoms with Crippen molar-refractivity contribution in [2.24, 2.45) is 23.7 Å². The SMILES string of the molecule is CCC(C)CCCCCCCCCCCCCCCCCCCCC(=O)OC[C@H](COP(=O)(O)OC[C@@H](O)COP(=O)(O)OC[C@@H](COC(=O)CCCCCCCCC(C)CC)OC(=O)CCCCCCCCCC(C)C)OC(=O)CCCCCCCCCCC(C)C. The fourth-order valence-electron chi connectivity index (χ4n) is 11.1. The lowest BCUT2D eigenvalue weighted by Crippen LogP contribution is -2.30. The molecule has 0 bridgehead atoms. The van der Waals surface area contributed by atoms with E-state index in [0.717, 1.165) is 114 Å². The van der Waals surface area contributed by atoms with E-state index in [2.05, 4.69) is 55.4 Å². The molecule has 0 saturated carbocycles. The summed E-state index contributed by atoms with van der Waals surface area (Å²) in [4.78, 5) is 72.6. The molecule has 0 radical (unpaired) electrons. The predicted molar refractivity (Wildman–Crippen MR) is 377 cm³/mol. The first-order valence-corrected chi connectivity index (χ1v) is 41.3. The molecule has 0 aromatic heterocycles. The second kappa shape index (κ2) is 63.5. The average molecular weight is 1370 g/mol. The van der Waals surface area contributed by atoms with Crippen molar-refractivity contribution in [3.05, 3.63) is 0 Å². The van der Waals surface area contributed by atoms with E-state index in [1.54, 1.807) is 0 Å². The predicted octanol–water partition coefficient (Wildman–Crippen LogP) is 21.3. The lowest BCUT2D eigenvalue weighted by atomic mass is 9.99. The van der Waals surface area contributed by atoms with Crippen LogP contribution in [0.15, 0.2) is 0 Å². The van der Waals surface area contributed by atoms with E-state index in [1.165, 1.54) is 167 Å². The summed E-state index contributed by atoms with van der Waals surface area (Å²) in [5, 5.41) is 10.6. The summed E-state index contributed by atoms with van der Waals surface area (Å²) in [6.07, 6.45) is 47.6. The van der Waals surface area contributed by atoms with Gasteiger partial charge in [0.25, 0.3) is 0 Å². The largest absolute Gasteiger partial charge is 0.472 e. The number of ether oxygens (including phenoxy) is 4. The second-order valence-electron chi connectivity index (χ2n) is 28.1. The lowest BCUT2D eigenvalue weighted by Gasteiger charge is -2.21. The van der Waals surface area contributed by atoms with E-state index in [4.69, 9.17) is 37.0 Å². The summed E-state index contributed by atoms with van der Waals surface area (Å²) in [6.45, 7) is 14.1. The first kappa shape index (κ1) is 91.1. The monoisotopic (exact) mass is 1370 g/mol. The summed E-state index contributed by atoms with van der Waals surface area (Å²) in [5.41, 5.74) is 0. The van der Waals surface area contributed by atoms with Gasteiger partial charge >= 0.3 is 39.5 Å². The Balaban J connectivity index is 5.13. The summed E-state index contributed by atoms with van der Waals surface area (Å²) in [7, 11) is -9.90. The van der Waals surface area contributed by atoms with Crippen LogP contribution in [0.5, 0.6) is 0 Å². The topological polar surface area (TPSA) is 237 Å². The number of aliphatic hydroxyl groups is 1. The maximum absolute atomic E-state index is 13.0. The molecule has 0 aromatic rings. The maximum atomic E-state index is 13.0. The van der Waals surface area contributed by atoms with Crippen LogP contribution in [0, 0.1) is 23.7 Å². The van der Waals surface area contributed by atoms with E-state index in [1.807, 2.05) is 0 Å². The number of esters is 4. The van der Waals surface area contributed by atoms with E-state index >= 15 is 0 Å². The van der Waals surface area contributed by atoms with E-state index < -0.39 is 97.5 Å². The van der Waals surface area contributed by atoms with Gasteiger partial charge in [-0.2, -0.15) is 0 Å². The number of rotatable bonds is 71. The molecule has 17 nitrogen and oxygen atoms in total. The number of carbonyl (C=O) groups excluding carboxylic acids is 4. The number of unbranched alkanes of at least 4 members (excludes halogenated alkanes) is 35. The standard InChI is InChI=1S/C74H144O17P2/c1-9-66(7)52-44-36-28-21-19-17-15-13-11-12-14-16-18-20-22-29-38-46-54-71(76)84-60-69(90-73(78)56-48-40-30-24-23-26-34-42-50-64(3)4)62-88-92(80,81)86-58-68(75)59-87-93(82,83)89-63-70(91-74(79)57-49-41-31-25-27-35-43-51-65(5)6)61-85-72(77)55-47-39-33-32-37-45-53-67(8)10-2/h64-70,75H,9-63H2,1-8H3,(H,80,81)(H,82,83)/t66?,67?,68-,69-,70-/m1/s1. The van der Waals surface area contributed by atoms with E-state index in [9.17, 15) is 43.2 Å². The Kier molecular flexibility index (Phi) is 62.2. The van der Waals surface area contributed by atoms with Crippen molar-refractivity contribution in [3.63, 3.8) is 0 Å². The molecule has 0 fully saturated rings. The van der Waals surface area contributed by atoms with Crippen molar-refractivity contribution >= 4 is 39.5 Å². The van der Waals surface area contributed by atoms with Crippen LogP contribution in [-0.4, -0.2) is 96.7 Å². The van der Waals surface area contributed by atoms with Crippen LogP contribution in [0.3, 0.4) is 0 Å². The van der Waals surface area contributed by atoms with Crippen LogP contribution in [0.2, 0.25) is 0 Å². The molecule has 3 N–H and O–H groups in total. The molecule has 0 aromatic carbocycles. The number of carbonyl (C=O) groups is 4. The third kappa shape index (κ3) is 65.8. The average Bonchev–Trinajstić information content (AvgIpc) is 2.90. The minimum absolute atomic E-state index is 0.102. The third-order valence-corrected chi connectivity index (χ3v) is 19.7. The molecule has 4 unspecified atom stereocenters. The van der Waals surface area contributed by atoms with Gasteiger partial charge < -0.3 is 33.8 Å². The summed E-state index contributed by atoms with van der Waals surface area (Å²) in [5.74, 6) is 0.888. The van der Waals surface area contributed by atoms with Gasteiger partial charge in [0.15, 0.2) is 12.2 Å². The summed E-state index contributed by atoms with van der Waals surface area (Å²) >= 11 is 0. The number of phosphoric ester groups is 2. The Morgan fingerprint density at radius 1 is 0.301 bits per heavy atom. The quantitative estimate of drug-likeness (QED) is 0.0222. The molecule has 0 aliphatic carbocycles. The van der Waals surface area contributed by atoms with Gasteiger partial charge in [-0.3, -0.25) is 37.3 Å². The van der Waals surface area contributed by atoms with Crippen LogP contribution < -0.4 is 0 Å². The highest BCUT2D eigenvalue weighted by Crippen LogP contribution is 2.45. The van der Waals surface area contributed by atoms with Crippen molar-refractivity contribution < 1.29 is 80.2 Å².